The van der Waals surface area contributed by atoms with Gasteiger partial charge in [0.1, 0.15) is 11.6 Å². The molecule has 1 aliphatic heterocycles. The highest BCUT2D eigenvalue weighted by Crippen LogP contribution is 2.18. The zero-order chi connectivity index (χ0) is 19.3. The summed E-state index contributed by atoms with van der Waals surface area (Å²) in [7, 11) is -3.71. The third kappa shape index (κ3) is 4.84. The normalized spacial score (nSPS) is 16.0. The second-order valence-corrected chi connectivity index (χ2v) is 8.13. The van der Waals surface area contributed by atoms with E-state index >= 15 is 0 Å². The van der Waals surface area contributed by atoms with E-state index in [2.05, 4.69) is 0 Å². The lowest BCUT2D eigenvalue weighted by atomic mass is 10.3. The van der Waals surface area contributed by atoms with Gasteiger partial charge in [0.25, 0.3) is 5.91 Å². The number of hydrogen-bond donors (Lipinski definition) is 0. The summed E-state index contributed by atoms with van der Waals surface area (Å²) in [6.07, 6.45) is 0.525. The molecule has 1 amide bonds. The number of amides is 1. The van der Waals surface area contributed by atoms with Gasteiger partial charge in [-0.25, -0.2) is 12.8 Å². The van der Waals surface area contributed by atoms with Crippen molar-refractivity contribution in [3.05, 3.63) is 60.4 Å². The Morgan fingerprint density at radius 3 is 2.37 bits per heavy atom. The van der Waals surface area contributed by atoms with Gasteiger partial charge in [0.2, 0.25) is 10.0 Å². The molecular weight excluding hydrogens is 371 g/mol. The highest BCUT2D eigenvalue weighted by atomic mass is 32.2. The molecule has 1 fully saturated rings. The maximum atomic E-state index is 13.1. The molecule has 0 spiro atoms. The average Bonchev–Trinajstić information content (AvgIpc) is 2.94. The van der Waals surface area contributed by atoms with Gasteiger partial charge in [-0.3, -0.25) is 4.79 Å². The summed E-state index contributed by atoms with van der Waals surface area (Å²) < 4.78 is 45.3. The summed E-state index contributed by atoms with van der Waals surface area (Å²) in [6, 6.07) is 13.8. The van der Waals surface area contributed by atoms with E-state index in [9.17, 15) is 17.6 Å². The maximum absolute atomic E-state index is 13.1. The predicted octanol–water partition coefficient (Wildman–Crippen LogP) is 2.13. The molecule has 0 unspecified atom stereocenters. The molecule has 0 radical (unpaired) electrons. The zero-order valence-electron chi connectivity index (χ0n) is 14.8. The molecule has 8 heteroatoms. The topological polar surface area (TPSA) is 66.9 Å². The predicted molar refractivity (Wildman–Crippen MR) is 98.3 cm³/mol. The molecule has 27 heavy (non-hydrogen) atoms. The van der Waals surface area contributed by atoms with Crippen molar-refractivity contribution >= 4 is 15.9 Å². The van der Waals surface area contributed by atoms with Gasteiger partial charge in [0, 0.05) is 26.2 Å². The number of hydrogen-bond acceptors (Lipinski definition) is 4. The van der Waals surface area contributed by atoms with Crippen molar-refractivity contribution in [3.63, 3.8) is 0 Å². The number of benzene rings is 2. The van der Waals surface area contributed by atoms with E-state index in [0.717, 1.165) is 12.1 Å². The van der Waals surface area contributed by atoms with Crippen LogP contribution < -0.4 is 4.74 Å². The average molecular weight is 392 g/mol. The molecule has 0 aliphatic carbocycles. The van der Waals surface area contributed by atoms with Crippen LogP contribution in [0.15, 0.2) is 59.5 Å². The van der Waals surface area contributed by atoms with Crippen molar-refractivity contribution in [2.24, 2.45) is 0 Å². The minimum atomic E-state index is -3.71. The Balaban J connectivity index is 1.59. The Kier molecular flexibility index (Phi) is 6.08. The fourth-order valence-corrected chi connectivity index (χ4v) is 4.36. The number of para-hydroxylation sites is 1. The van der Waals surface area contributed by atoms with E-state index in [-0.39, 0.29) is 30.5 Å². The Labute approximate surface area is 158 Å². The number of sulfonamides is 1. The molecule has 0 saturated carbocycles. The van der Waals surface area contributed by atoms with Gasteiger partial charge >= 0.3 is 0 Å². The van der Waals surface area contributed by atoms with E-state index in [1.54, 1.807) is 17.0 Å². The minimum Gasteiger partial charge on any atom is -0.484 e. The number of carbonyl (C=O) groups excluding carboxylic acids is 1. The zero-order valence-corrected chi connectivity index (χ0v) is 15.6. The number of carbonyl (C=O) groups is 1. The molecular formula is C19H21FN2O4S. The van der Waals surface area contributed by atoms with Gasteiger partial charge in [-0.15, -0.1) is 0 Å². The quantitative estimate of drug-likeness (QED) is 0.782. The second-order valence-electron chi connectivity index (χ2n) is 6.19. The van der Waals surface area contributed by atoms with Crippen molar-refractivity contribution in [2.75, 3.05) is 32.8 Å². The van der Waals surface area contributed by atoms with Crippen LogP contribution >= 0.6 is 0 Å². The summed E-state index contributed by atoms with van der Waals surface area (Å²) in [6.45, 7) is 1.17. The third-order valence-electron chi connectivity index (χ3n) is 4.36. The SMILES string of the molecule is O=C(COc1ccccc1)N1CCCN(S(=O)(=O)c2ccc(F)cc2)CC1. The first-order valence-electron chi connectivity index (χ1n) is 8.68. The minimum absolute atomic E-state index is 0.0519. The fraction of sp³-hybridized carbons (Fsp3) is 0.316. The van der Waals surface area contributed by atoms with Crippen molar-refractivity contribution in [2.45, 2.75) is 11.3 Å². The van der Waals surface area contributed by atoms with Crippen LogP contribution in [-0.2, 0) is 14.8 Å². The van der Waals surface area contributed by atoms with E-state index in [1.165, 1.54) is 16.4 Å². The molecule has 6 nitrogen and oxygen atoms in total. The lowest BCUT2D eigenvalue weighted by Crippen LogP contribution is -2.39. The van der Waals surface area contributed by atoms with Crippen molar-refractivity contribution in [3.8, 4) is 5.75 Å². The first-order valence-corrected chi connectivity index (χ1v) is 10.1. The molecule has 0 bridgehead atoms. The molecule has 0 aromatic heterocycles. The molecule has 0 atom stereocenters. The molecule has 1 saturated heterocycles. The van der Waals surface area contributed by atoms with Crippen LogP contribution in [0.1, 0.15) is 6.42 Å². The number of nitrogens with zero attached hydrogens (tertiary/aromatic N) is 2. The van der Waals surface area contributed by atoms with E-state index in [0.29, 0.717) is 25.3 Å². The van der Waals surface area contributed by atoms with E-state index < -0.39 is 15.8 Å². The van der Waals surface area contributed by atoms with E-state index in [1.807, 2.05) is 18.2 Å². The maximum Gasteiger partial charge on any atom is 0.260 e. The Morgan fingerprint density at radius 2 is 1.67 bits per heavy atom. The van der Waals surface area contributed by atoms with Gasteiger partial charge in [0.15, 0.2) is 6.61 Å². The number of ether oxygens (including phenoxy) is 1. The number of rotatable bonds is 5. The van der Waals surface area contributed by atoms with Gasteiger partial charge in [-0.1, -0.05) is 18.2 Å². The standard InChI is InChI=1S/C19H21FN2O4S/c20-16-7-9-18(10-8-16)27(24,25)22-12-4-11-21(13-14-22)19(23)15-26-17-5-2-1-3-6-17/h1-3,5-10H,4,11-15H2. The summed E-state index contributed by atoms with van der Waals surface area (Å²) in [5.41, 5.74) is 0. The van der Waals surface area contributed by atoms with Crippen molar-refractivity contribution in [1.82, 2.24) is 9.21 Å². The number of halogens is 1. The lowest BCUT2D eigenvalue weighted by Gasteiger charge is -2.22. The summed E-state index contributed by atoms with van der Waals surface area (Å²) in [5, 5.41) is 0. The second kappa shape index (κ2) is 8.49. The Bertz CT molecular complexity index is 872. The first kappa shape index (κ1) is 19.3. The molecule has 1 heterocycles. The van der Waals surface area contributed by atoms with Gasteiger partial charge in [0.05, 0.1) is 4.90 Å². The van der Waals surface area contributed by atoms with Crippen LogP contribution in [0.4, 0.5) is 4.39 Å². The van der Waals surface area contributed by atoms with Crippen LogP contribution in [0.3, 0.4) is 0 Å². The highest BCUT2D eigenvalue weighted by molar-refractivity contribution is 7.89. The molecule has 2 aromatic carbocycles. The molecule has 0 N–H and O–H groups in total. The van der Waals surface area contributed by atoms with Crippen LogP contribution in [0.2, 0.25) is 0 Å². The molecule has 2 aromatic rings. The monoisotopic (exact) mass is 392 g/mol. The smallest absolute Gasteiger partial charge is 0.260 e. The fourth-order valence-electron chi connectivity index (χ4n) is 2.89. The van der Waals surface area contributed by atoms with Crippen LogP contribution in [0.5, 0.6) is 5.75 Å². The van der Waals surface area contributed by atoms with Crippen molar-refractivity contribution < 1.29 is 22.3 Å². The molecule has 1 aliphatic rings. The van der Waals surface area contributed by atoms with Gasteiger partial charge in [-0.2, -0.15) is 4.31 Å². The first-order chi connectivity index (χ1) is 13.0. The molecule has 3 rings (SSSR count). The lowest BCUT2D eigenvalue weighted by molar-refractivity contribution is -0.133. The molecule has 144 valence electrons. The highest BCUT2D eigenvalue weighted by Gasteiger charge is 2.28. The Morgan fingerprint density at radius 1 is 0.963 bits per heavy atom. The van der Waals surface area contributed by atoms with E-state index in [4.69, 9.17) is 4.74 Å². The van der Waals surface area contributed by atoms with Gasteiger partial charge in [-0.05, 0) is 42.8 Å². The van der Waals surface area contributed by atoms with Crippen LogP contribution in [0.25, 0.3) is 0 Å². The third-order valence-corrected chi connectivity index (χ3v) is 6.28. The van der Waals surface area contributed by atoms with Gasteiger partial charge < -0.3 is 9.64 Å². The van der Waals surface area contributed by atoms with Crippen LogP contribution in [0, 0.1) is 5.82 Å². The largest absolute Gasteiger partial charge is 0.484 e. The van der Waals surface area contributed by atoms with Crippen molar-refractivity contribution in [1.29, 1.82) is 0 Å². The summed E-state index contributed by atoms with van der Waals surface area (Å²) in [5.74, 6) is -0.0546. The summed E-state index contributed by atoms with van der Waals surface area (Å²) >= 11 is 0. The Hall–Kier alpha value is -2.45. The summed E-state index contributed by atoms with van der Waals surface area (Å²) in [4.78, 5) is 14.0. The van der Waals surface area contributed by atoms with Crippen LogP contribution in [-0.4, -0.2) is 56.3 Å².